The average Bonchev–Trinajstić information content (AvgIpc) is 2.16. The highest BCUT2D eigenvalue weighted by atomic mass is 19.4. The van der Waals surface area contributed by atoms with Gasteiger partial charge in [-0.15, -0.1) is 0 Å². The second-order valence-electron chi connectivity index (χ2n) is 5.02. The third-order valence-corrected chi connectivity index (χ3v) is 3.48. The zero-order valence-electron chi connectivity index (χ0n) is 9.20. The van der Waals surface area contributed by atoms with E-state index in [1.807, 2.05) is 0 Å². The van der Waals surface area contributed by atoms with E-state index in [1.165, 1.54) is 0 Å². The van der Waals surface area contributed by atoms with Gasteiger partial charge in [0.25, 0.3) is 0 Å². The lowest BCUT2D eigenvalue weighted by molar-refractivity contribution is -0.238. The average molecular weight is 226 g/mol. The van der Waals surface area contributed by atoms with Crippen LogP contribution in [-0.4, -0.2) is 12.3 Å². The van der Waals surface area contributed by atoms with E-state index in [2.05, 4.69) is 0 Å². The predicted octanol–water partition coefficient (Wildman–Crippen LogP) is 4.49. The maximum Gasteiger partial charge on any atom is 0.396 e. The fraction of sp³-hybridized carbons (Fsp3) is 1.00. The standard InChI is InChI=1S/C11H18F4/c1-10(2,11(13,14)15)9(12)8-6-4-3-5-7-8/h8-9H,3-7H2,1-2H3. The molecule has 0 aromatic rings. The minimum atomic E-state index is -4.45. The molecule has 1 atom stereocenters. The van der Waals surface area contributed by atoms with Gasteiger partial charge in [0.05, 0.1) is 5.41 Å². The fourth-order valence-corrected chi connectivity index (χ4v) is 2.17. The van der Waals surface area contributed by atoms with Crippen molar-refractivity contribution in [3.05, 3.63) is 0 Å². The first-order valence-electron chi connectivity index (χ1n) is 5.47. The minimum absolute atomic E-state index is 0.407. The van der Waals surface area contributed by atoms with Crippen molar-refractivity contribution in [3.8, 4) is 0 Å². The fourth-order valence-electron chi connectivity index (χ4n) is 2.17. The van der Waals surface area contributed by atoms with Gasteiger partial charge >= 0.3 is 6.18 Å². The van der Waals surface area contributed by atoms with E-state index in [1.54, 1.807) is 0 Å². The van der Waals surface area contributed by atoms with Crippen molar-refractivity contribution in [2.75, 3.05) is 0 Å². The topological polar surface area (TPSA) is 0 Å². The highest BCUT2D eigenvalue weighted by Crippen LogP contribution is 2.46. The molecule has 0 saturated heterocycles. The molecule has 1 aliphatic rings. The summed E-state index contributed by atoms with van der Waals surface area (Å²) in [4.78, 5) is 0. The summed E-state index contributed by atoms with van der Waals surface area (Å²) in [6, 6.07) is 0. The number of rotatable bonds is 2. The smallest absolute Gasteiger partial charge is 0.246 e. The molecule has 0 radical (unpaired) electrons. The van der Waals surface area contributed by atoms with E-state index >= 15 is 0 Å². The van der Waals surface area contributed by atoms with Crippen LogP contribution in [0.1, 0.15) is 46.0 Å². The molecule has 0 bridgehead atoms. The zero-order chi connectivity index (χ0) is 11.7. The molecule has 1 saturated carbocycles. The second kappa shape index (κ2) is 4.30. The Kier molecular flexibility index (Phi) is 3.67. The molecule has 1 rings (SSSR count). The summed E-state index contributed by atoms with van der Waals surface area (Å²) in [5.41, 5.74) is -2.21. The molecule has 0 spiro atoms. The maximum atomic E-state index is 13.8. The quantitative estimate of drug-likeness (QED) is 0.608. The number of alkyl halides is 4. The van der Waals surface area contributed by atoms with Gasteiger partial charge in [-0.3, -0.25) is 0 Å². The van der Waals surface area contributed by atoms with E-state index in [0.717, 1.165) is 33.1 Å². The lowest BCUT2D eigenvalue weighted by Gasteiger charge is -2.37. The van der Waals surface area contributed by atoms with Crippen molar-refractivity contribution < 1.29 is 17.6 Å². The van der Waals surface area contributed by atoms with Gasteiger partial charge in [0.1, 0.15) is 6.17 Å². The van der Waals surface area contributed by atoms with Crippen molar-refractivity contribution >= 4 is 0 Å². The van der Waals surface area contributed by atoms with Gasteiger partial charge in [-0.1, -0.05) is 19.3 Å². The third kappa shape index (κ3) is 2.64. The molecule has 0 N–H and O–H groups in total. The number of halogens is 4. The van der Waals surface area contributed by atoms with E-state index in [-0.39, 0.29) is 0 Å². The Morgan fingerprint density at radius 1 is 1.00 bits per heavy atom. The first kappa shape index (κ1) is 12.8. The lowest BCUT2D eigenvalue weighted by Crippen LogP contribution is -2.44. The molecule has 1 aliphatic carbocycles. The van der Waals surface area contributed by atoms with Gasteiger partial charge in [-0.05, 0) is 32.6 Å². The van der Waals surface area contributed by atoms with E-state index in [0.29, 0.717) is 12.8 Å². The van der Waals surface area contributed by atoms with Crippen LogP contribution in [0.25, 0.3) is 0 Å². The maximum absolute atomic E-state index is 13.8. The molecule has 0 aromatic heterocycles. The third-order valence-electron chi connectivity index (χ3n) is 3.48. The molecule has 90 valence electrons. The van der Waals surface area contributed by atoms with Crippen LogP contribution in [0.5, 0.6) is 0 Å². The van der Waals surface area contributed by atoms with E-state index < -0.39 is 23.7 Å². The van der Waals surface area contributed by atoms with Crippen LogP contribution in [0.2, 0.25) is 0 Å². The summed E-state index contributed by atoms with van der Waals surface area (Å²) in [6.45, 7) is 1.93. The Labute approximate surface area is 88.0 Å². The van der Waals surface area contributed by atoms with Crippen LogP contribution >= 0.6 is 0 Å². The van der Waals surface area contributed by atoms with Gasteiger partial charge in [0, 0.05) is 0 Å². The Hall–Kier alpha value is -0.280. The normalized spacial score (nSPS) is 22.8. The molecule has 0 aliphatic heterocycles. The van der Waals surface area contributed by atoms with Gasteiger partial charge in [0.15, 0.2) is 0 Å². The van der Waals surface area contributed by atoms with Crippen molar-refractivity contribution in [2.45, 2.75) is 58.3 Å². The van der Waals surface area contributed by atoms with Crippen LogP contribution in [-0.2, 0) is 0 Å². The summed E-state index contributed by atoms with van der Waals surface area (Å²) >= 11 is 0. The van der Waals surface area contributed by atoms with Gasteiger partial charge in [0.2, 0.25) is 0 Å². The molecule has 4 heteroatoms. The number of hydrogen-bond acceptors (Lipinski definition) is 0. The van der Waals surface area contributed by atoms with Crippen molar-refractivity contribution in [3.63, 3.8) is 0 Å². The zero-order valence-corrected chi connectivity index (χ0v) is 9.20. The molecule has 0 heterocycles. The second-order valence-corrected chi connectivity index (χ2v) is 5.02. The molecule has 1 fully saturated rings. The summed E-state index contributed by atoms with van der Waals surface area (Å²) in [5.74, 6) is -0.407. The monoisotopic (exact) mass is 226 g/mol. The Bertz CT molecular complexity index is 201. The van der Waals surface area contributed by atoms with Crippen molar-refractivity contribution in [2.24, 2.45) is 11.3 Å². The largest absolute Gasteiger partial charge is 0.396 e. The highest BCUT2D eigenvalue weighted by molar-refractivity contribution is 4.90. The van der Waals surface area contributed by atoms with Crippen LogP contribution in [0.15, 0.2) is 0 Å². The Morgan fingerprint density at radius 3 is 1.87 bits per heavy atom. The Balaban J connectivity index is 2.69. The van der Waals surface area contributed by atoms with Crippen LogP contribution in [0.3, 0.4) is 0 Å². The summed E-state index contributed by atoms with van der Waals surface area (Å²) in [5, 5.41) is 0. The van der Waals surface area contributed by atoms with E-state index in [4.69, 9.17) is 0 Å². The van der Waals surface area contributed by atoms with Crippen LogP contribution in [0.4, 0.5) is 17.6 Å². The molecule has 1 unspecified atom stereocenters. The van der Waals surface area contributed by atoms with Gasteiger partial charge in [-0.2, -0.15) is 13.2 Å². The molecular weight excluding hydrogens is 208 g/mol. The summed E-state index contributed by atoms with van der Waals surface area (Å²) < 4.78 is 51.6. The van der Waals surface area contributed by atoms with Crippen molar-refractivity contribution in [1.82, 2.24) is 0 Å². The Morgan fingerprint density at radius 2 is 1.47 bits per heavy atom. The minimum Gasteiger partial charge on any atom is -0.246 e. The number of hydrogen-bond donors (Lipinski definition) is 0. The van der Waals surface area contributed by atoms with E-state index in [9.17, 15) is 17.6 Å². The first-order chi connectivity index (χ1) is 6.77. The summed E-state index contributed by atoms with van der Waals surface area (Å²) in [6.07, 6.45) is -2.28. The molecule has 0 amide bonds. The highest BCUT2D eigenvalue weighted by Gasteiger charge is 2.54. The van der Waals surface area contributed by atoms with Gasteiger partial charge < -0.3 is 0 Å². The van der Waals surface area contributed by atoms with Crippen molar-refractivity contribution in [1.29, 1.82) is 0 Å². The predicted molar refractivity (Wildman–Crippen MR) is 51.3 cm³/mol. The van der Waals surface area contributed by atoms with Gasteiger partial charge in [-0.25, -0.2) is 4.39 Å². The lowest BCUT2D eigenvalue weighted by atomic mass is 9.74. The summed E-state index contributed by atoms with van der Waals surface area (Å²) in [7, 11) is 0. The molecular formula is C11H18F4. The molecule has 15 heavy (non-hydrogen) atoms. The first-order valence-corrected chi connectivity index (χ1v) is 5.47. The molecule has 0 nitrogen and oxygen atoms in total. The van der Waals surface area contributed by atoms with Crippen LogP contribution < -0.4 is 0 Å². The van der Waals surface area contributed by atoms with Crippen LogP contribution in [0, 0.1) is 11.3 Å². The SMILES string of the molecule is CC(C)(C(F)C1CCCCC1)C(F)(F)F. The molecule has 0 aromatic carbocycles.